The molecule has 118 valence electrons. The first-order valence-corrected chi connectivity index (χ1v) is 8.35. The maximum atomic E-state index is 4.86. The molecule has 1 aliphatic heterocycles. The number of hydrogen-bond acceptors (Lipinski definition) is 3. The van der Waals surface area contributed by atoms with Crippen LogP contribution >= 0.6 is 0 Å². The zero-order valence-electron chi connectivity index (χ0n) is 13.5. The maximum Gasteiger partial charge on any atom is 0.0896 e. The highest BCUT2D eigenvalue weighted by Gasteiger charge is 2.18. The molecule has 1 aromatic heterocycles. The molecule has 4 nitrogen and oxygen atoms in total. The lowest BCUT2D eigenvalue weighted by Gasteiger charge is -2.23. The van der Waals surface area contributed by atoms with Crippen molar-refractivity contribution in [3.8, 4) is 0 Å². The number of aryl methyl sites for hydroxylation is 1. The first-order valence-electron chi connectivity index (χ1n) is 8.35. The third-order valence-corrected chi connectivity index (χ3v) is 4.58. The van der Waals surface area contributed by atoms with Gasteiger partial charge in [-0.05, 0) is 24.6 Å². The Balaban J connectivity index is 1.74. The molecule has 2 heterocycles. The predicted octanol–water partition coefficient (Wildman–Crippen LogP) is 3.17. The molecule has 1 aliphatic rings. The summed E-state index contributed by atoms with van der Waals surface area (Å²) in [4.78, 5) is 2.45. The highest BCUT2D eigenvalue weighted by Crippen LogP contribution is 2.26. The van der Waals surface area contributed by atoms with Gasteiger partial charge in [0, 0.05) is 37.3 Å². The molecular weight excluding hydrogens is 284 g/mol. The Morgan fingerprint density at radius 1 is 1.09 bits per heavy atom. The smallest absolute Gasteiger partial charge is 0.0896 e. The Morgan fingerprint density at radius 2 is 1.91 bits per heavy atom. The minimum atomic E-state index is 0.853. The van der Waals surface area contributed by atoms with Gasteiger partial charge in [0.2, 0.25) is 0 Å². The molecule has 4 heteroatoms. The van der Waals surface area contributed by atoms with Crippen LogP contribution in [0.2, 0.25) is 0 Å². The molecule has 0 saturated carbocycles. The molecular formula is C19H22N4. The van der Waals surface area contributed by atoms with Crippen LogP contribution in [-0.2, 0) is 19.6 Å². The van der Waals surface area contributed by atoms with Gasteiger partial charge in [-0.15, -0.1) is 0 Å². The van der Waals surface area contributed by atoms with Crippen LogP contribution < -0.4 is 10.2 Å². The van der Waals surface area contributed by atoms with Crippen LogP contribution in [0.1, 0.15) is 18.2 Å². The second-order valence-corrected chi connectivity index (χ2v) is 6.01. The van der Waals surface area contributed by atoms with E-state index in [0.29, 0.717) is 0 Å². The molecule has 2 aromatic carbocycles. The molecule has 0 aliphatic carbocycles. The average Bonchev–Trinajstić information content (AvgIpc) is 2.82. The van der Waals surface area contributed by atoms with Crippen molar-refractivity contribution in [3.05, 3.63) is 59.8 Å². The van der Waals surface area contributed by atoms with Crippen LogP contribution in [0.25, 0.3) is 10.9 Å². The summed E-state index contributed by atoms with van der Waals surface area (Å²) in [5.74, 6) is 0. The van der Waals surface area contributed by atoms with Crippen molar-refractivity contribution in [3.63, 3.8) is 0 Å². The number of hydrogen-bond donors (Lipinski definition) is 1. The first kappa shape index (κ1) is 14.3. The van der Waals surface area contributed by atoms with E-state index in [1.807, 2.05) is 0 Å². The molecule has 0 radical (unpaired) electrons. The van der Waals surface area contributed by atoms with Crippen molar-refractivity contribution < 1.29 is 0 Å². The summed E-state index contributed by atoms with van der Waals surface area (Å²) in [6.45, 7) is 6.85. The number of aromatic nitrogens is 2. The number of fused-ring (bicyclic) bond motifs is 2. The molecule has 23 heavy (non-hydrogen) atoms. The standard InChI is InChI=1S/C19H22N4/c1-2-23-19-10-6-4-8-16(19)17(21-23)14-22-12-11-20-13-15-7-3-5-9-18(15)22/h3-10,20H,2,11-14H2,1H3. The summed E-state index contributed by atoms with van der Waals surface area (Å²) < 4.78 is 2.10. The zero-order chi connectivity index (χ0) is 15.6. The van der Waals surface area contributed by atoms with Gasteiger partial charge < -0.3 is 10.2 Å². The van der Waals surface area contributed by atoms with Gasteiger partial charge in [0.15, 0.2) is 0 Å². The second kappa shape index (κ2) is 6.05. The summed E-state index contributed by atoms with van der Waals surface area (Å²) in [6, 6.07) is 17.2. The van der Waals surface area contributed by atoms with E-state index >= 15 is 0 Å². The Kier molecular flexibility index (Phi) is 3.75. The summed E-state index contributed by atoms with van der Waals surface area (Å²) in [7, 11) is 0. The van der Waals surface area contributed by atoms with Crippen LogP contribution in [0.15, 0.2) is 48.5 Å². The number of para-hydroxylation sites is 2. The Labute approximate surface area is 136 Å². The fraction of sp³-hybridized carbons (Fsp3) is 0.316. The van der Waals surface area contributed by atoms with E-state index in [2.05, 4.69) is 70.4 Å². The van der Waals surface area contributed by atoms with Crippen LogP contribution in [0.4, 0.5) is 5.69 Å². The number of nitrogens with one attached hydrogen (secondary N) is 1. The second-order valence-electron chi connectivity index (χ2n) is 6.01. The zero-order valence-corrected chi connectivity index (χ0v) is 13.5. The van der Waals surface area contributed by atoms with Crippen molar-refractivity contribution in [1.82, 2.24) is 15.1 Å². The molecule has 4 rings (SSSR count). The van der Waals surface area contributed by atoms with Gasteiger partial charge in [0.25, 0.3) is 0 Å². The molecule has 0 amide bonds. The molecule has 1 N–H and O–H groups in total. The summed E-state index contributed by atoms with van der Waals surface area (Å²) in [6.07, 6.45) is 0. The number of nitrogens with zero attached hydrogens (tertiary/aromatic N) is 3. The lowest BCUT2D eigenvalue weighted by molar-refractivity contribution is 0.651. The molecule has 0 spiro atoms. The van der Waals surface area contributed by atoms with Crippen molar-refractivity contribution in [1.29, 1.82) is 0 Å². The topological polar surface area (TPSA) is 33.1 Å². The summed E-state index contributed by atoms with van der Waals surface area (Å²) in [5, 5.41) is 9.63. The molecule has 0 fully saturated rings. The predicted molar refractivity (Wildman–Crippen MR) is 94.6 cm³/mol. The quantitative estimate of drug-likeness (QED) is 0.807. The van der Waals surface area contributed by atoms with Crippen molar-refractivity contribution in [2.45, 2.75) is 26.6 Å². The van der Waals surface area contributed by atoms with E-state index in [-0.39, 0.29) is 0 Å². The lowest BCUT2D eigenvalue weighted by atomic mass is 10.1. The fourth-order valence-electron chi connectivity index (χ4n) is 3.43. The van der Waals surface area contributed by atoms with Gasteiger partial charge in [0.1, 0.15) is 0 Å². The number of anilines is 1. The van der Waals surface area contributed by atoms with Gasteiger partial charge >= 0.3 is 0 Å². The Morgan fingerprint density at radius 3 is 2.83 bits per heavy atom. The Hall–Kier alpha value is -2.33. The van der Waals surface area contributed by atoms with Gasteiger partial charge in [-0.1, -0.05) is 36.4 Å². The average molecular weight is 306 g/mol. The van der Waals surface area contributed by atoms with Gasteiger partial charge in [-0.3, -0.25) is 4.68 Å². The highest BCUT2D eigenvalue weighted by molar-refractivity contribution is 5.82. The van der Waals surface area contributed by atoms with E-state index < -0.39 is 0 Å². The molecule has 0 atom stereocenters. The summed E-state index contributed by atoms with van der Waals surface area (Å²) >= 11 is 0. The molecule has 0 saturated heterocycles. The maximum absolute atomic E-state index is 4.86. The van der Waals surface area contributed by atoms with Crippen molar-refractivity contribution in [2.24, 2.45) is 0 Å². The normalized spacial score (nSPS) is 14.7. The third kappa shape index (κ3) is 2.59. The third-order valence-electron chi connectivity index (χ3n) is 4.58. The molecule has 0 bridgehead atoms. The van der Waals surface area contributed by atoms with Crippen molar-refractivity contribution >= 4 is 16.6 Å². The lowest BCUT2D eigenvalue weighted by Crippen LogP contribution is -2.28. The number of rotatable bonds is 3. The SMILES string of the molecule is CCn1nc(CN2CCNCc3ccccc32)c2ccccc21. The van der Waals surface area contributed by atoms with Crippen LogP contribution in [0.3, 0.4) is 0 Å². The van der Waals surface area contributed by atoms with Crippen LogP contribution in [-0.4, -0.2) is 22.9 Å². The minimum absolute atomic E-state index is 0.853. The van der Waals surface area contributed by atoms with E-state index in [1.54, 1.807) is 0 Å². The fourth-order valence-corrected chi connectivity index (χ4v) is 3.43. The first-order chi connectivity index (χ1) is 11.4. The van der Waals surface area contributed by atoms with E-state index in [4.69, 9.17) is 5.10 Å². The van der Waals surface area contributed by atoms with Gasteiger partial charge in [-0.25, -0.2) is 0 Å². The summed E-state index contributed by atoms with van der Waals surface area (Å²) in [5.41, 5.74) is 5.09. The monoisotopic (exact) mass is 306 g/mol. The minimum Gasteiger partial charge on any atom is -0.364 e. The number of benzene rings is 2. The molecule has 3 aromatic rings. The van der Waals surface area contributed by atoms with E-state index in [1.165, 1.54) is 27.8 Å². The van der Waals surface area contributed by atoms with Crippen LogP contribution in [0.5, 0.6) is 0 Å². The van der Waals surface area contributed by atoms with E-state index in [9.17, 15) is 0 Å². The van der Waals surface area contributed by atoms with Gasteiger partial charge in [-0.2, -0.15) is 5.10 Å². The molecule has 0 unspecified atom stereocenters. The van der Waals surface area contributed by atoms with Gasteiger partial charge in [0.05, 0.1) is 17.8 Å². The largest absolute Gasteiger partial charge is 0.364 e. The van der Waals surface area contributed by atoms with E-state index in [0.717, 1.165) is 32.7 Å². The van der Waals surface area contributed by atoms with Crippen molar-refractivity contribution in [2.75, 3.05) is 18.0 Å². The Bertz CT molecular complexity index is 821. The van der Waals surface area contributed by atoms with Crippen LogP contribution in [0, 0.1) is 0 Å². The highest BCUT2D eigenvalue weighted by atomic mass is 15.3.